The largest absolute Gasteiger partial charge is 0.496 e. The molecule has 0 saturated carbocycles. The minimum atomic E-state index is -4.34. The number of hydrogen-bond donors (Lipinski definition) is 3. The van der Waals surface area contributed by atoms with E-state index in [1.165, 1.54) is 22.7 Å². The zero-order chi connectivity index (χ0) is 25.8. The number of thiophene rings is 1. The Bertz CT molecular complexity index is 1580. The average molecular weight is 555 g/mol. The Morgan fingerprint density at radius 3 is 2.62 bits per heavy atom. The van der Waals surface area contributed by atoms with E-state index in [9.17, 15) is 8.42 Å². The van der Waals surface area contributed by atoms with Gasteiger partial charge in [-0.15, -0.1) is 27.5 Å². The highest BCUT2D eigenvalue weighted by Gasteiger charge is 2.20. The lowest BCUT2D eigenvalue weighted by Crippen LogP contribution is -2.15. The van der Waals surface area contributed by atoms with Crippen LogP contribution in [0.1, 0.15) is 17.3 Å². The minimum absolute atomic E-state index is 0.265. The lowest BCUT2D eigenvalue weighted by atomic mass is 10.0. The number of hydrogen-bond acceptors (Lipinski definition) is 9. The molecule has 0 amide bonds. The molecular formula is C24H22N6O4S3. The number of aromatic nitrogens is 4. The van der Waals surface area contributed by atoms with Gasteiger partial charge in [0, 0.05) is 10.9 Å². The number of para-hydroxylation sites is 1. The summed E-state index contributed by atoms with van der Waals surface area (Å²) in [6.07, 6.45) is 2.25. The van der Waals surface area contributed by atoms with Gasteiger partial charge in [0.05, 0.1) is 30.7 Å². The topological polar surface area (TPSA) is 131 Å². The molecular weight excluding hydrogens is 533 g/mol. The average Bonchev–Trinajstić information content (AvgIpc) is 3.65. The lowest BCUT2D eigenvalue weighted by molar-refractivity contribution is 0.416. The second-order valence-electron chi connectivity index (χ2n) is 7.92. The van der Waals surface area contributed by atoms with Gasteiger partial charge < -0.3 is 10.1 Å². The Balaban J connectivity index is 1.42. The molecule has 0 aliphatic heterocycles. The van der Waals surface area contributed by atoms with Gasteiger partial charge >= 0.3 is 10.3 Å². The van der Waals surface area contributed by atoms with Crippen molar-refractivity contribution in [3.8, 4) is 22.0 Å². The van der Waals surface area contributed by atoms with Gasteiger partial charge in [0.15, 0.2) is 5.13 Å². The number of ether oxygens (including phenoxy) is 1. The highest BCUT2D eigenvalue weighted by atomic mass is 32.2. The van der Waals surface area contributed by atoms with Crippen molar-refractivity contribution in [1.29, 1.82) is 0 Å². The molecule has 2 aromatic carbocycles. The Morgan fingerprint density at radius 2 is 1.89 bits per heavy atom. The maximum absolute atomic E-state index is 11.1. The monoisotopic (exact) mass is 554 g/mol. The van der Waals surface area contributed by atoms with Crippen molar-refractivity contribution in [1.82, 2.24) is 20.0 Å². The van der Waals surface area contributed by atoms with Gasteiger partial charge in [-0.2, -0.15) is 18.6 Å². The molecule has 0 fully saturated rings. The SMILES string of the molecule is COc1ccccc1-c1csc(N[C@@H](Cc2ccc(NS(=O)(=O)O)cc2)c2cnn(-c3cccs3)n2)n1. The summed E-state index contributed by atoms with van der Waals surface area (Å²) in [6.45, 7) is 0. The van der Waals surface area contributed by atoms with Crippen LogP contribution in [0.3, 0.4) is 0 Å². The number of rotatable bonds is 10. The molecule has 0 aliphatic carbocycles. The first-order valence-corrected chi connectivity index (χ1v) is 14.2. The molecule has 37 heavy (non-hydrogen) atoms. The van der Waals surface area contributed by atoms with E-state index in [0.29, 0.717) is 11.6 Å². The third-order valence-corrected chi connectivity index (χ3v) is 7.50. The number of nitrogens with one attached hydrogen (secondary N) is 2. The van der Waals surface area contributed by atoms with Crippen molar-refractivity contribution >= 4 is 43.8 Å². The molecule has 3 N–H and O–H groups in total. The van der Waals surface area contributed by atoms with E-state index < -0.39 is 10.3 Å². The van der Waals surface area contributed by atoms with E-state index in [0.717, 1.165) is 33.3 Å². The van der Waals surface area contributed by atoms with Crippen LogP contribution in [-0.2, 0) is 16.7 Å². The zero-order valence-electron chi connectivity index (χ0n) is 19.5. The highest BCUT2D eigenvalue weighted by molar-refractivity contribution is 7.87. The van der Waals surface area contributed by atoms with Crippen molar-refractivity contribution in [2.75, 3.05) is 17.1 Å². The molecule has 3 aromatic heterocycles. The standard InChI is InChI=1S/C24H22N6O4S3/c1-34-22-6-3-2-5-18(22)21-15-36-24(27-21)26-19(20-14-25-30(28-20)23-7-4-12-35-23)13-16-8-10-17(11-9-16)29-37(31,32)33/h2-12,14-15,19,29H,13H2,1H3,(H,26,27)(H,31,32,33)/t19-/m0/s1. The molecule has 0 aliphatic rings. The molecule has 5 rings (SSSR count). The summed E-state index contributed by atoms with van der Waals surface area (Å²) < 4.78 is 38.7. The first kappa shape index (κ1) is 24.9. The predicted molar refractivity (Wildman–Crippen MR) is 145 cm³/mol. The van der Waals surface area contributed by atoms with Gasteiger partial charge in [0.1, 0.15) is 16.4 Å². The predicted octanol–water partition coefficient (Wildman–Crippen LogP) is 5.07. The smallest absolute Gasteiger partial charge is 0.357 e. The van der Waals surface area contributed by atoms with E-state index in [-0.39, 0.29) is 11.7 Å². The Morgan fingerprint density at radius 1 is 1.08 bits per heavy atom. The van der Waals surface area contributed by atoms with Gasteiger partial charge in [0.2, 0.25) is 0 Å². The number of nitrogens with zero attached hydrogens (tertiary/aromatic N) is 4. The molecule has 0 unspecified atom stereocenters. The summed E-state index contributed by atoms with van der Waals surface area (Å²) in [5.41, 5.74) is 3.61. The molecule has 190 valence electrons. The zero-order valence-corrected chi connectivity index (χ0v) is 21.9. The van der Waals surface area contributed by atoms with Crippen LogP contribution in [0.5, 0.6) is 5.75 Å². The quantitative estimate of drug-likeness (QED) is 0.204. The summed E-state index contributed by atoms with van der Waals surface area (Å²) in [7, 11) is -2.71. The molecule has 0 bridgehead atoms. The van der Waals surface area contributed by atoms with E-state index in [1.807, 2.05) is 51.9 Å². The molecule has 0 saturated heterocycles. The van der Waals surface area contributed by atoms with Gasteiger partial charge in [-0.25, -0.2) is 4.98 Å². The number of thiazole rings is 1. The van der Waals surface area contributed by atoms with E-state index >= 15 is 0 Å². The van der Waals surface area contributed by atoms with Crippen molar-refractivity contribution in [2.24, 2.45) is 0 Å². The summed E-state index contributed by atoms with van der Waals surface area (Å²) in [5, 5.41) is 18.1. The maximum Gasteiger partial charge on any atom is 0.357 e. The fraction of sp³-hybridized carbons (Fsp3) is 0.125. The van der Waals surface area contributed by atoms with Crippen LogP contribution in [0.15, 0.2) is 77.6 Å². The van der Waals surface area contributed by atoms with Crippen LogP contribution in [0.2, 0.25) is 0 Å². The Labute approximate surface area is 221 Å². The Kier molecular flexibility index (Phi) is 7.19. The third kappa shape index (κ3) is 6.14. The van der Waals surface area contributed by atoms with Gasteiger partial charge in [-0.05, 0) is 53.8 Å². The van der Waals surface area contributed by atoms with Crippen LogP contribution in [0.4, 0.5) is 10.8 Å². The summed E-state index contributed by atoms with van der Waals surface area (Å²) >= 11 is 3.01. The van der Waals surface area contributed by atoms with Crippen LogP contribution in [-0.4, -0.2) is 40.1 Å². The van der Waals surface area contributed by atoms with Crippen molar-refractivity contribution < 1.29 is 17.7 Å². The first-order chi connectivity index (χ1) is 17.9. The van der Waals surface area contributed by atoms with Crippen LogP contribution < -0.4 is 14.8 Å². The number of methoxy groups -OCH3 is 1. The third-order valence-electron chi connectivity index (χ3n) is 5.40. The fourth-order valence-corrected chi connectivity index (χ4v) is 5.55. The molecule has 1 atom stereocenters. The van der Waals surface area contributed by atoms with Crippen LogP contribution in [0, 0.1) is 0 Å². The van der Waals surface area contributed by atoms with Crippen molar-refractivity contribution in [3.63, 3.8) is 0 Å². The number of benzene rings is 2. The lowest BCUT2D eigenvalue weighted by Gasteiger charge is -2.16. The van der Waals surface area contributed by atoms with Crippen molar-refractivity contribution in [3.05, 3.63) is 88.9 Å². The second kappa shape index (κ2) is 10.7. The first-order valence-electron chi connectivity index (χ1n) is 11.0. The van der Waals surface area contributed by atoms with Gasteiger partial charge in [-0.3, -0.25) is 9.27 Å². The minimum Gasteiger partial charge on any atom is -0.496 e. The van der Waals surface area contributed by atoms with E-state index in [1.54, 1.807) is 42.4 Å². The fourth-order valence-electron chi connectivity index (χ4n) is 3.72. The molecule has 10 nitrogen and oxygen atoms in total. The Hall–Kier alpha value is -3.78. The summed E-state index contributed by atoms with van der Waals surface area (Å²) in [4.78, 5) is 6.37. The van der Waals surface area contributed by atoms with Crippen LogP contribution >= 0.6 is 22.7 Å². The van der Waals surface area contributed by atoms with Crippen LogP contribution in [0.25, 0.3) is 16.3 Å². The number of anilines is 2. The molecule has 0 radical (unpaired) electrons. The van der Waals surface area contributed by atoms with Gasteiger partial charge in [0.25, 0.3) is 0 Å². The summed E-state index contributed by atoms with van der Waals surface area (Å²) in [5.74, 6) is 0.744. The van der Waals surface area contributed by atoms with E-state index in [2.05, 4.69) is 15.5 Å². The second-order valence-corrected chi connectivity index (χ2v) is 10.9. The summed E-state index contributed by atoms with van der Waals surface area (Å²) in [6, 6.07) is 18.1. The van der Waals surface area contributed by atoms with Crippen molar-refractivity contribution in [2.45, 2.75) is 12.5 Å². The van der Waals surface area contributed by atoms with E-state index in [4.69, 9.17) is 14.3 Å². The molecule has 3 heterocycles. The molecule has 13 heteroatoms. The highest BCUT2D eigenvalue weighted by Crippen LogP contribution is 2.33. The maximum atomic E-state index is 11.1. The molecule has 5 aromatic rings. The molecule has 0 spiro atoms. The normalized spacial score (nSPS) is 12.3. The van der Waals surface area contributed by atoms with Gasteiger partial charge in [-0.1, -0.05) is 24.3 Å².